The van der Waals surface area contributed by atoms with Crippen LogP contribution in [-0.4, -0.2) is 9.97 Å². The number of rotatable bonds is 1. The van der Waals surface area contributed by atoms with Crippen LogP contribution in [0, 0.1) is 0 Å². The van der Waals surface area contributed by atoms with Crippen LogP contribution in [0.5, 0.6) is 5.75 Å². The Hall–Kier alpha value is -1.77. The monoisotopic (exact) mass is 159 g/mol. The molecule has 60 valence electrons. The summed E-state index contributed by atoms with van der Waals surface area (Å²) in [6.07, 6.45) is 3.32. The lowest BCUT2D eigenvalue weighted by atomic mass is 10.2. The van der Waals surface area contributed by atoms with E-state index in [1.54, 1.807) is 24.5 Å². The van der Waals surface area contributed by atoms with Crippen molar-refractivity contribution in [3.8, 4) is 17.1 Å². The molecule has 0 saturated carbocycles. The zero-order chi connectivity index (χ0) is 8.39. The molecule has 1 aromatic heterocycles. The van der Waals surface area contributed by atoms with E-state index < -0.39 is 0 Å². The average molecular weight is 159 g/mol. The van der Waals surface area contributed by atoms with Crippen molar-refractivity contribution in [2.24, 2.45) is 0 Å². The molecule has 0 unspecified atom stereocenters. The summed E-state index contributed by atoms with van der Waals surface area (Å²) >= 11 is 0. The van der Waals surface area contributed by atoms with Gasteiger partial charge in [-0.05, 0) is 0 Å². The molecule has 3 nitrogen and oxygen atoms in total. The minimum absolute atomic E-state index is 0.00699. The lowest BCUT2D eigenvalue weighted by Gasteiger charge is -2.09. The Morgan fingerprint density at radius 3 is 2.75 bits per heavy atom. The first-order valence-corrected chi connectivity index (χ1v) is 3.64. The summed E-state index contributed by atoms with van der Waals surface area (Å²) in [5.41, 5.74) is 0.613. The second kappa shape index (κ2) is 2.70. The molecular formula is C9H7N2O-. The van der Waals surface area contributed by atoms with Crippen LogP contribution in [0.15, 0.2) is 36.7 Å². The van der Waals surface area contributed by atoms with Crippen LogP contribution in [0.1, 0.15) is 0 Å². The highest BCUT2D eigenvalue weighted by molar-refractivity contribution is 5.62. The molecule has 0 bridgehead atoms. The third-order valence-corrected chi connectivity index (χ3v) is 1.64. The van der Waals surface area contributed by atoms with Crippen molar-refractivity contribution in [2.45, 2.75) is 0 Å². The average Bonchev–Trinajstić information content (AvgIpc) is 2.57. The minimum Gasteiger partial charge on any atom is -0.872 e. The number of H-pyrrole nitrogens is 1. The molecule has 3 heteroatoms. The van der Waals surface area contributed by atoms with Crippen LogP contribution in [-0.2, 0) is 0 Å². The third kappa shape index (κ3) is 1.05. The summed E-state index contributed by atoms with van der Waals surface area (Å²) in [5.74, 6) is 0.619. The molecule has 0 spiro atoms. The van der Waals surface area contributed by atoms with Gasteiger partial charge in [0, 0.05) is 18.0 Å². The number of aromatic nitrogens is 2. The predicted octanol–water partition coefficient (Wildman–Crippen LogP) is 1.15. The van der Waals surface area contributed by atoms with Gasteiger partial charge in [-0.2, -0.15) is 0 Å². The molecule has 1 N–H and O–H groups in total. The predicted molar refractivity (Wildman–Crippen MR) is 43.5 cm³/mol. The SMILES string of the molecule is [O-]c1ccccc1-c1ncc[nH]1. The van der Waals surface area contributed by atoms with Gasteiger partial charge in [0.2, 0.25) is 0 Å². The fourth-order valence-electron chi connectivity index (χ4n) is 1.07. The van der Waals surface area contributed by atoms with Crippen LogP contribution < -0.4 is 5.11 Å². The van der Waals surface area contributed by atoms with Gasteiger partial charge in [0.15, 0.2) is 0 Å². The molecule has 0 fully saturated rings. The van der Waals surface area contributed by atoms with Gasteiger partial charge in [0.05, 0.1) is 0 Å². The Bertz CT molecular complexity index is 368. The Morgan fingerprint density at radius 2 is 2.08 bits per heavy atom. The van der Waals surface area contributed by atoms with E-state index >= 15 is 0 Å². The van der Waals surface area contributed by atoms with Crippen LogP contribution in [0.2, 0.25) is 0 Å². The Balaban J connectivity index is 2.55. The summed E-state index contributed by atoms with van der Waals surface area (Å²) in [5, 5.41) is 11.3. The molecule has 1 aromatic carbocycles. The molecule has 0 atom stereocenters. The summed E-state index contributed by atoms with van der Waals surface area (Å²) < 4.78 is 0. The second-order valence-corrected chi connectivity index (χ2v) is 2.43. The van der Waals surface area contributed by atoms with Gasteiger partial charge >= 0.3 is 0 Å². The van der Waals surface area contributed by atoms with E-state index in [2.05, 4.69) is 9.97 Å². The molecular weight excluding hydrogens is 152 g/mol. The van der Waals surface area contributed by atoms with Crippen molar-refractivity contribution in [1.29, 1.82) is 0 Å². The highest BCUT2D eigenvalue weighted by Crippen LogP contribution is 2.22. The third-order valence-electron chi connectivity index (χ3n) is 1.64. The maximum atomic E-state index is 11.3. The van der Waals surface area contributed by atoms with Crippen molar-refractivity contribution >= 4 is 0 Å². The van der Waals surface area contributed by atoms with Gasteiger partial charge in [-0.25, -0.2) is 4.98 Å². The number of aromatic amines is 1. The van der Waals surface area contributed by atoms with Crippen molar-refractivity contribution in [3.05, 3.63) is 36.7 Å². The quantitative estimate of drug-likeness (QED) is 0.678. The molecule has 12 heavy (non-hydrogen) atoms. The number of para-hydroxylation sites is 1. The van der Waals surface area contributed by atoms with E-state index in [-0.39, 0.29) is 5.75 Å². The number of imidazole rings is 1. The number of hydrogen-bond acceptors (Lipinski definition) is 2. The van der Waals surface area contributed by atoms with E-state index in [4.69, 9.17) is 0 Å². The normalized spacial score (nSPS) is 10.0. The summed E-state index contributed by atoms with van der Waals surface area (Å²) in [6.45, 7) is 0. The summed E-state index contributed by atoms with van der Waals surface area (Å²) in [4.78, 5) is 6.87. The molecule has 0 aliphatic heterocycles. The van der Waals surface area contributed by atoms with Gasteiger partial charge in [-0.3, -0.25) is 0 Å². The van der Waals surface area contributed by atoms with E-state index in [1.165, 1.54) is 6.07 Å². The maximum absolute atomic E-state index is 11.3. The minimum atomic E-state index is -0.00699. The van der Waals surface area contributed by atoms with Crippen molar-refractivity contribution in [1.82, 2.24) is 9.97 Å². The lowest BCUT2D eigenvalue weighted by molar-refractivity contribution is -0.267. The van der Waals surface area contributed by atoms with Gasteiger partial charge in [0.1, 0.15) is 5.82 Å². The first-order valence-electron chi connectivity index (χ1n) is 3.64. The standard InChI is InChI=1S/C9H8N2O/c12-8-4-2-1-3-7(8)9-10-5-6-11-9/h1-6,12H,(H,10,11)/p-1. The van der Waals surface area contributed by atoms with Crippen LogP contribution >= 0.6 is 0 Å². The molecule has 0 radical (unpaired) electrons. The highest BCUT2D eigenvalue weighted by atomic mass is 16.3. The second-order valence-electron chi connectivity index (χ2n) is 2.43. The molecule has 2 rings (SSSR count). The molecule has 0 aliphatic carbocycles. The van der Waals surface area contributed by atoms with Crippen LogP contribution in [0.3, 0.4) is 0 Å². The number of benzene rings is 1. The number of nitrogens with zero attached hydrogens (tertiary/aromatic N) is 1. The first kappa shape index (κ1) is 6.91. The smallest absolute Gasteiger partial charge is 0.136 e. The molecule has 1 heterocycles. The van der Waals surface area contributed by atoms with Crippen LogP contribution in [0.4, 0.5) is 0 Å². The van der Waals surface area contributed by atoms with Crippen molar-refractivity contribution in [3.63, 3.8) is 0 Å². The van der Waals surface area contributed by atoms with E-state index in [9.17, 15) is 5.11 Å². The fourth-order valence-corrected chi connectivity index (χ4v) is 1.07. The Kier molecular flexibility index (Phi) is 1.55. The molecule has 0 aliphatic rings. The van der Waals surface area contributed by atoms with Gasteiger partial charge in [-0.15, -0.1) is 0 Å². The van der Waals surface area contributed by atoms with Gasteiger partial charge < -0.3 is 10.1 Å². The van der Waals surface area contributed by atoms with Gasteiger partial charge in [-0.1, -0.05) is 30.0 Å². The highest BCUT2D eigenvalue weighted by Gasteiger charge is 1.97. The summed E-state index contributed by atoms with van der Waals surface area (Å²) in [7, 11) is 0. The zero-order valence-electron chi connectivity index (χ0n) is 6.32. The van der Waals surface area contributed by atoms with E-state index in [0.29, 0.717) is 11.4 Å². The summed E-state index contributed by atoms with van der Waals surface area (Å²) in [6, 6.07) is 6.81. The molecule has 2 aromatic rings. The maximum Gasteiger partial charge on any atom is 0.136 e. The Labute approximate surface area is 69.7 Å². The lowest BCUT2D eigenvalue weighted by Crippen LogP contribution is -1.93. The first-order chi connectivity index (χ1) is 5.88. The molecule has 0 amide bonds. The van der Waals surface area contributed by atoms with Gasteiger partial charge in [0.25, 0.3) is 0 Å². The van der Waals surface area contributed by atoms with Crippen molar-refractivity contribution in [2.75, 3.05) is 0 Å². The van der Waals surface area contributed by atoms with Crippen molar-refractivity contribution < 1.29 is 5.11 Å². The molecule has 0 saturated heterocycles. The largest absolute Gasteiger partial charge is 0.872 e. The van der Waals surface area contributed by atoms with Crippen LogP contribution in [0.25, 0.3) is 11.4 Å². The Morgan fingerprint density at radius 1 is 1.25 bits per heavy atom. The number of nitrogens with one attached hydrogen (secondary N) is 1. The topological polar surface area (TPSA) is 51.7 Å². The number of hydrogen-bond donors (Lipinski definition) is 1. The van der Waals surface area contributed by atoms with E-state index in [1.807, 2.05) is 6.07 Å². The zero-order valence-corrected chi connectivity index (χ0v) is 6.32. The fraction of sp³-hybridized carbons (Fsp3) is 0. The van der Waals surface area contributed by atoms with E-state index in [0.717, 1.165) is 0 Å².